The number of aromatic nitrogens is 2. The number of rotatable bonds is 4. The normalized spacial score (nSPS) is 10.4. The van der Waals surface area contributed by atoms with Gasteiger partial charge in [0.15, 0.2) is 0 Å². The number of nitro benzene ring substituents is 1. The molecule has 0 atom stereocenters. The summed E-state index contributed by atoms with van der Waals surface area (Å²) in [4.78, 5) is 26.3. The molecular formula is C13H12ClN3O4. The highest BCUT2D eigenvalue weighted by molar-refractivity contribution is 6.30. The predicted octanol–water partition coefficient (Wildman–Crippen LogP) is 2.59. The largest absolute Gasteiger partial charge is 0.464 e. The van der Waals surface area contributed by atoms with E-state index in [2.05, 4.69) is 9.72 Å². The molecule has 1 aromatic carbocycles. The van der Waals surface area contributed by atoms with Crippen LogP contribution in [0.5, 0.6) is 0 Å². The van der Waals surface area contributed by atoms with Crippen molar-refractivity contribution in [1.82, 2.24) is 9.55 Å². The van der Waals surface area contributed by atoms with Crippen molar-refractivity contribution in [3.63, 3.8) is 0 Å². The third-order valence-corrected chi connectivity index (χ3v) is 3.26. The number of carbonyl (C=O) groups excluding carboxylic acids is 1. The van der Waals surface area contributed by atoms with E-state index in [0.717, 1.165) is 0 Å². The highest BCUT2D eigenvalue weighted by Crippen LogP contribution is 2.25. The Labute approximate surface area is 125 Å². The number of methoxy groups -OCH3 is 1. The molecule has 0 aliphatic heterocycles. The Morgan fingerprint density at radius 3 is 2.86 bits per heavy atom. The Bertz CT molecular complexity index is 711. The third-order valence-electron chi connectivity index (χ3n) is 3.02. The van der Waals surface area contributed by atoms with Crippen molar-refractivity contribution in [1.29, 1.82) is 0 Å². The van der Waals surface area contributed by atoms with Crippen LogP contribution in [0, 0.1) is 17.0 Å². The number of carbonyl (C=O) groups is 1. The molecule has 7 nitrogen and oxygen atoms in total. The lowest BCUT2D eigenvalue weighted by atomic mass is 10.1. The van der Waals surface area contributed by atoms with Gasteiger partial charge in [-0.3, -0.25) is 10.1 Å². The number of nitro groups is 1. The van der Waals surface area contributed by atoms with Crippen LogP contribution in [-0.4, -0.2) is 27.6 Å². The van der Waals surface area contributed by atoms with Gasteiger partial charge in [-0.2, -0.15) is 0 Å². The van der Waals surface area contributed by atoms with E-state index < -0.39 is 10.9 Å². The monoisotopic (exact) mass is 309 g/mol. The molecule has 0 unspecified atom stereocenters. The first-order valence-corrected chi connectivity index (χ1v) is 6.35. The lowest BCUT2D eigenvalue weighted by Crippen LogP contribution is -2.13. The molecule has 0 radical (unpaired) electrons. The number of halogens is 1. The lowest BCUT2D eigenvalue weighted by Gasteiger charge is -2.09. The van der Waals surface area contributed by atoms with E-state index in [1.165, 1.54) is 19.4 Å². The summed E-state index contributed by atoms with van der Waals surface area (Å²) in [6.07, 6.45) is 1.38. The minimum atomic E-state index is -0.549. The first-order valence-electron chi connectivity index (χ1n) is 5.97. The smallest absolute Gasteiger partial charge is 0.356 e. The molecule has 0 saturated carbocycles. The molecule has 8 heteroatoms. The third kappa shape index (κ3) is 3.03. The van der Waals surface area contributed by atoms with Gasteiger partial charge in [0.2, 0.25) is 0 Å². The first-order chi connectivity index (χ1) is 9.93. The van der Waals surface area contributed by atoms with Gasteiger partial charge in [-0.25, -0.2) is 9.78 Å². The van der Waals surface area contributed by atoms with Crippen LogP contribution in [0.4, 0.5) is 5.69 Å². The SMILES string of the molecule is COC(=O)c1cnc(C)n1Cc1ccc(Cl)cc1[N+](=O)[O-]. The zero-order valence-corrected chi connectivity index (χ0v) is 12.1. The molecule has 0 saturated heterocycles. The molecule has 2 rings (SSSR count). The fourth-order valence-corrected chi connectivity index (χ4v) is 2.11. The van der Waals surface area contributed by atoms with Gasteiger partial charge in [-0.1, -0.05) is 11.6 Å². The Morgan fingerprint density at radius 1 is 1.52 bits per heavy atom. The van der Waals surface area contributed by atoms with Crippen molar-refractivity contribution >= 4 is 23.3 Å². The minimum absolute atomic E-state index is 0.105. The van der Waals surface area contributed by atoms with E-state index in [0.29, 0.717) is 11.4 Å². The van der Waals surface area contributed by atoms with E-state index >= 15 is 0 Å². The van der Waals surface area contributed by atoms with E-state index in [4.69, 9.17) is 11.6 Å². The summed E-state index contributed by atoms with van der Waals surface area (Å²) in [7, 11) is 1.26. The Balaban J connectivity index is 2.46. The van der Waals surface area contributed by atoms with Crippen molar-refractivity contribution in [2.75, 3.05) is 7.11 Å². The fourth-order valence-electron chi connectivity index (χ4n) is 1.95. The van der Waals surface area contributed by atoms with E-state index in [1.807, 2.05) is 0 Å². The number of nitrogens with zero attached hydrogens (tertiary/aromatic N) is 3. The summed E-state index contributed by atoms with van der Waals surface area (Å²) in [6.45, 7) is 1.83. The summed E-state index contributed by atoms with van der Waals surface area (Å²) in [5.74, 6) is 0.00636. The topological polar surface area (TPSA) is 87.3 Å². The Morgan fingerprint density at radius 2 is 2.24 bits per heavy atom. The first kappa shape index (κ1) is 15.0. The summed E-state index contributed by atoms with van der Waals surface area (Å²) in [5.41, 5.74) is 0.557. The van der Waals surface area contributed by atoms with Crippen LogP contribution in [0.15, 0.2) is 24.4 Å². The summed E-state index contributed by atoms with van der Waals surface area (Å²) < 4.78 is 6.23. The molecule has 0 bridgehead atoms. The van der Waals surface area contributed by atoms with Gasteiger partial charge in [-0.15, -0.1) is 0 Å². The van der Waals surface area contributed by atoms with Crippen molar-refractivity contribution in [3.05, 3.63) is 56.6 Å². The summed E-state index contributed by atoms with van der Waals surface area (Å²) >= 11 is 5.78. The lowest BCUT2D eigenvalue weighted by molar-refractivity contribution is -0.385. The molecule has 110 valence electrons. The van der Waals surface area contributed by atoms with E-state index in [9.17, 15) is 14.9 Å². The second-order valence-corrected chi connectivity index (χ2v) is 4.73. The van der Waals surface area contributed by atoms with E-state index in [1.54, 1.807) is 23.6 Å². The standard InChI is InChI=1S/C13H12ClN3O4/c1-8-15-6-12(13(18)21-2)16(8)7-9-3-4-10(14)5-11(9)17(19)20/h3-6H,7H2,1-2H3. The fraction of sp³-hybridized carbons (Fsp3) is 0.231. The van der Waals surface area contributed by atoms with Crippen LogP contribution in [-0.2, 0) is 11.3 Å². The van der Waals surface area contributed by atoms with Gasteiger partial charge < -0.3 is 9.30 Å². The number of aryl methyl sites for hydroxylation is 1. The van der Waals surface area contributed by atoms with Crippen LogP contribution in [0.2, 0.25) is 5.02 Å². The van der Waals surface area contributed by atoms with Gasteiger partial charge in [-0.05, 0) is 19.1 Å². The number of benzene rings is 1. The average molecular weight is 310 g/mol. The van der Waals surface area contributed by atoms with Crippen molar-refractivity contribution in [3.8, 4) is 0 Å². The second-order valence-electron chi connectivity index (χ2n) is 4.30. The number of ether oxygens (including phenoxy) is 1. The highest BCUT2D eigenvalue weighted by Gasteiger charge is 2.19. The molecule has 1 aromatic heterocycles. The van der Waals surface area contributed by atoms with Gasteiger partial charge >= 0.3 is 5.97 Å². The minimum Gasteiger partial charge on any atom is -0.464 e. The van der Waals surface area contributed by atoms with Gasteiger partial charge in [0, 0.05) is 16.7 Å². The predicted molar refractivity (Wildman–Crippen MR) is 75.5 cm³/mol. The Kier molecular flexibility index (Phi) is 4.23. The number of imidazole rings is 1. The molecule has 1 heterocycles. The number of hydrogen-bond acceptors (Lipinski definition) is 5. The molecule has 0 aliphatic carbocycles. The molecule has 0 fully saturated rings. The van der Waals surface area contributed by atoms with Crippen LogP contribution < -0.4 is 0 Å². The molecule has 0 N–H and O–H groups in total. The maximum absolute atomic E-state index is 11.7. The van der Waals surface area contributed by atoms with Gasteiger partial charge in [0.25, 0.3) is 5.69 Å². The quantitative estimate of drug-likeness (QED) is 0.492. The molecular weight excluding hydrogens is 298 g/mol. The van der Waals surface area contributed by atoms with Crippen LogP contribution in [0.3, 0.4) is 0 Å². The van der Waals surface area contributed by atoms with Crippen LogP contribution >= 0.6 is 11.6 Å². The molecule has 2 aromatic rings. The van der Waals surface area contributed by atoms with Crippen molar-refractivity contribution < 1.29 is 14.5 Å². The maximum atomic E-state index is 11.7. The molecule has 0 spiro atoms. The Hall–Kier alpha value is -2.41. The highest BCUT2D eigenvalue weighted by atomic mass is 35.5. The summed E-state index contributed by atoms with van der Waals surface area (Å²) in [6, 6.07) is 4.40. The van der Waals surface area contributed by atoms with Gasteiger partial charge in [0.05, 0.1) is 24.8 Å². The van der Waals surface area contributed by atoms with Gasteiger partial charge in [0.1, 0.15) is 11.5 Å². The number of hydrogen-bond donors (Lipinski definition) is 0. The zero-order valence-electron chi connectivity index (χ0n) is 11.4. The summed E-state index contributed by atoms with van der Waals surface area (Å²) in [5, 5.41) is 11.4. The van der Waals surface area contributed by atoms with Crippen LogP contribution in [0.25, 0.3) is 0 Å². The van der Waals surface area contributed by atoms with Crippen molar-refractivity contribution in [2.45, 2.75) is 13.5 Å². The zero-order chi connectivity index (χ0) is 15.6. The van der Waals surface area contributed by atoms with Crippen LogP contribution in [0.1, 0.15) is 21.9 Å². The molecule has 0 amide bonds. The number of esters is 1. The average Bonchev–Trinajstić information content (AvgIpc) is 2.81. The van der Waals surface area contributed by atoms with E-state index in [-0.39, 0.29) is 22.9 Å². The molecule has 21 heavy (non-hydrogen) atoms. The molecule has 0 aliphatic rings. The second kappa shape index (κ2) is 5.92. The maximum Gasteiger partial charge on any atom is 0.356 e. The van der Waals surface area contributed by atoms with Crippen molar-refractivity contribution in [2.24, 2.45) is 0 Å².